The summed E-state index contributed by atoms with van der Waals surface area (Å²) in [6.07, 6.45) is 0. The zero-order valence-corrected chi connectivity index (χ0v) is 43.7. The fraction of sp³-hybridized carbons (Fsp3) is 0. The molecule has 0 fully saturated rings. The van der Waals surface area contributed by atoms with Gasteiger partial charge in [-0.3, -0.25) is 0 Å². The molecule has 5 heteroatoms. The highest BCUT2D eigenvalue weighted by molar-refractivity contribution is 7.33. The Morgan fingerprint density at radius 1 is 0.291 bits per heavy atom. The smallest absolute Gasteiger partial charge is 0.264 e. The van der Waals surface area contributed by atoms with Crippen molar-refractivity contribution in [2.24, 2.45) is 0 Å². The summed E-state index contributed by atoms with van der Waals surface area (Å²) >= 11 is 1.95. The first-order chi connectivity index (χ1) is 39.2. The lowest BCUT2D eigenvalue weighted by Gasteiger charge is -2.44. The number of benzene rings is 12. The van der Waals surface area contributed by atoms with E-state index in [1.807, 2.05) is 11.3 Å². The van der Waals surface area contributed by atoms with Crippen molar-refractivity contribution in [3.8, 4) is 55.6 Å². The third-order valence-electron chi connectivity index (χ3n) is 16.8. The summed E-state index contributed by atoms with van der Waals surface area (Å²) in [4.78, 5) is 5.27. The lowest BCUT2D eigenvalue weighted by Crippen LogP contribution is -2.60. The van der Waals surface area contributed by atoms with Gasteiger partial charge >= 0.3 is 0 Å². The highest BCUT2D eigenvalue weighted by Crippen LogP contribution is 2.52. The number of nitrogens with zero attached hydrogens (tertiary/aromatic N) is 3. The van der Waals surface area contributed by atoms with Crippen LogP contribution in [-0.2, 0) is 0 Å². The number of thiophene rings is 1. The maximum Gasteiger partial charge on any atom is 0.264 e. The second-order valence-electron chi connectivity index (χ2n) is 21.2. The van der Waals surface area contributed by atoms with Crippen LogP contribution < -0.4 is 25.5 Å². The van der Waals surface area contributed by atoms with Gasteiger partial charge in [-0.2, -0.15) is 0 Å². The summed E-state index contributed by atoms with van der Waals surface area (Å²) in [6.45, 7) is -0.0947. The van der Waals surface area contributed by atoms with E-state index in [4.69, 9.17) is 0 Å². The molecule has 0 saturated carbocycles. The van der Waals surface area contributed by atoms with Crippen molar-refractivity contribution in [2.75, 3.05) is 9.80 Å². The number of fused-ring (bicyclic) bond motifs is 12. The van der Waals surface area contributed by atoms with Gasteiger partial charge in [-0.1, -0.05) is 212 Å². The van der Waals surface area contributed by atoms with E-state index in [0.29, 0.717) is 0 Å². The van der Waals surface area contributed by atoms with E-state index in [0.717, 1.165) is 16.9 Å². The van der Waals surface area contributed by atoms with Crippen molar-refractivity contribution in [1.29, 1.82) is 0 Å². The minimum atomic E-state index is -0.0947. The Kier molecular flexibility index (Phi) is 9.68. The molecule has 2 aliphatic heterocycles. The monoisotopic (exact) mass is 1020 g/mol. The molecule has 366 valence electrons. The Balaban J connectivity index is 1.04. The summed E-state index contributed by atoms with van der Waals surface area (Å²) in [5.74, 6) is 0. The number of rotatable bonds is 7. The molecule has 0 atom stereocenters. The van der Waals surface area contributed by atoms with Gasteiger partial charge < -0.3 is 14.2 Å². The van der Waals surface area contributed by atoms with E-state index in [-0.39, 0.29) is 6.71 Å². The molecular formula is C74H46BN3S. The van der Waals surface area contributed by atoms with Crippen LogP contribution in [0.1, 0.15) is 0 Å². The molecule has 0 aliphatic carbocycles. The maximum atomic E-state index is 2.64. The largest absolute Gasteiger partial charge is 0.311 e. The quantitative estimate of drug-likeness (QED) is 0.147. The third kappa shape index (κ3) is 6.73. The van der Waals surface area contributed by atoms with Gasteiger partial charge in [0, 0.05) is 64.8 Å². The van der Waals surface area contributed by atoms with Crippen molar-refractivity contribution in [3.05, 3.63) is 279 Å². The minimum absolute atomic E-state index is 0.0947. The molecule has 0 amide bonds. The van der Waals surface area contributed by atoms with Gasteiger partial charge in [-0.05, 0) is 133 Å². The van der Waals surface area contributed by atoms with Crippen molar-refractivity contribution in [3.63, 3.8) is 0 Å². The fourth-order valence-corrected chi connectivity index (χ4v) is 14.7. The molecular weight excluding hydrogens is 974 g/mol. The van der Waals surface area contributed by atoms with Crippen LogP contribution >= 0.6 is 11.3 Å². The van der Waals surface area contributed by atoms with Crippen molar-refractivity contribution >= 4 is 116 Å². The van der Waals surface area contributed by atoms with Gasteiger partial charge in [0.15, 0.2) is 0 Å². The second kappa shape index (κ2) is 17.3. The third-order valence-corrected chi connectivity index (χ3v) is 18.0. The molecule has 2 aliphatic rings. The second-order valence-corrected chi connectivity index (χ2v) is 22.3. The molecule has 0 spiro atoms. The molecule has 3 aromatic heterocycles. The van der Waals surface area contributed by atoms with Crippen LogP contribution in [0.15, 0.2) is 279 Å². The summed E-state index contributed by atoms with van der Waals surface area (Å²) in [5.41, 5.74) is 25.0. The van der Waals surface area contributed by atoms with Crippen molar-refractivity contribution in [1.82, 2.24) is 4.40 Å². The first-order valence-electron chi connectivity index (χ1n) is 27.3. The van der Waals surface area contributed by atoms with E-state index in [1.54, 1.807) is 0 Å². The van der Waals surface area contributed by atoms with E-state index >= 15 is 0 Å². The van der Waals surface area contributed by atoms with E-state index in [9.17, 15) is 0 Å². The van der Waals surface area contributed by atoms with Gasteiger partial charge in [0.2, 0.25) is 0 Å². The van der Waals surface area contributed by atoms with E-state index < -0.39 is 0 Å². The Morgan fingerprint density at radius 3 is 1.27 bits per heavy atom. The van der Waals surface area contributed by atoms with E-state index in [1.165, 1.54) is 137 Å². The molecule has 3 nitrogen and oxygen atoms in total. The van der Waals surface area contributed by atoms with Gasteiger partial charge in [0.1, 0.15) is 0 Å². The van der Waals surface area contributed by atoms with Crippen LogP contribution in [0.2, 0.25) is 0 Å². The predicted molar refractivity (Wildman–Crippen MR) is 338 cm³/mol. The Labute approximate surface area is 462 Å². The Morgan fingerprint density at radius 2 is 0.722 bits per heavy atom. The van der Waals surface area contributed by atoms with Crippen LogP contribution in [0.4, 0.5) is 34.1 Å². The number of aromatic nitrogens is 1. The minimum Gasteiger partial charge on any atom is -0.311 e. The molecule has 0 bridgehead atoms. The zero-order chi connectivity index (χ0) is 51.7. The predicted octanol–water partition coefficient (Wildman–Crippen LogP) is 18.5. The standard InChI is InChI=1S/C74H46BN3S/c1-6-21-47(22-7-1)52-37-53(48-23-8-2-9-24-48)40-57(39-52)76-67-46-66-63(61-34-20-33-60-59-31-16-18-35-65(59)78(66)72(60)61)45-64(67)75-71-68(76)43-56(51-29-14-5-15-30-51)44-69(71)77(73-62-32-17-19-36-70(62)79-74(73)75)58-41-54(49-25-10-3-11-26-49)38-55(42-58)50-27-12-4-13-28-50/h1-46H. The molecule has 0 N–H and O–H groups in total. The fourth-order valence-electron chi connectivity index (χ4n) is 13.4. The van der Waals surface area contributed by atoms with Gasteiger partial charge in [-0.25, -0.2) is 0 Å². The van der Waals surface area contributed by atoms with Gasteiger partial charge in [0.25, 0.3) is 6.71 Å². The van der Waals surface area contributed by atoms with Gasteiger partial charge in [-0.15, -0.1) is 11.3 Å². The number of para-hydroxylation sites is 2. The van der Waals surface area contributed by atoms with Crippen LogP contribution in [0, 0.1) is 0 Å². The molecule has 12 aromatic carbocycles. The Bertz CT molecular complexity index is 4780. The molecule has 79 heavy (non-hydrogen) atoms. The van der Waals surface area contributed by atoms with Crippen LogP contribution in [0.3, 0.4) is 0 Å². The van der Waals surface area contributed by atoms with Crippen molar-refractivity contribution in [2.45, 2.75) is 0 Å². The first kappa shape index (κ1) is 44.2. The molecule has 0 saturated heterocycles. The molecule has 5 heterocycles. The Hall–Kier alpha value is -9.94. The highest BCUT2D eigenvalue weighted by Gasteiger charge is 2.46. The molecule has 0 unspecified atom stereocenters. The summed E-state index contributed by atoms with van der Waals surface area (Å²) in [7, 11) is 0. The van der Waals surface area contributed by atoms with Crippen molar-refractivity contribution < 1.29 is 0 Å². The zero-order valence-electron chi connectivity index (χ0n) is 42.9. The lowest BCUT2D eigenvalue weighted by atomic mass is 9.36. The number of anilines is 6. The topological polar surface area (TPSA) is 10.9 Å². The lowest BCUT2D eigenvalue weighted by molar-refractivity contribution is 1.26. The van der Waals surface area contributed by atoms with Crippen LogP contribution in [-0.4, -0.2) is 11.1 Å². The molecule has 0 radical (unpaired) electrons. The highest BCUT2D eigenvalue weighted by atomic mass is 32.1. The van der Waals surface area contributed by atoms with E-state index in [2.05, 4.69) is 293 Å². The number of hydrogen-bond acceptors (Lipinski definition) is 3. The molecule has 15 aromatic rings. The number of hydrogen-bond donors (Lipinski definition) is 0. The maximum absolute atomic E-state index is 2.64. The average Bonchev–Trinajstić information content (AvgIpc) is 4.41. The van der Waals surface area contributed by atoms with Gasteiger partial charge in [0.05, 0.1) is 22.2 Å². The summed E-state index contributed by atoms with van der Waals surface area (Å²) in [6, 6.07) is 104. The van der Waals surface area contributed by atoms with Crippen LogP contribution in [0.25, 0.3) is 104 Å². The SMILES string of the molecule is c1ccc(-c2cc(-c3ccccc3)cc(N3c4cc5c(cc4B4c6sc7ccccc7c6N(c6cc(-c7ccccc7)cc(-c7ccccc7)c6)c6cc(-c7ccccc7)cc3c64)c3cccc4c6ccccc6n5c43)c2)cc1. The average molecular weight is 1020 g/mol. The molecule has 17 rings (SSSR count). The first-order valence-corrected chi connectivity index (χ1v) is 28.1. The normalized spacial score (nSPS) is 12.7. The summed E-state index contributed by atoms with van der Waals surface area (Å²) in [5, 5.41) is 6.37. The van der Waals surface area contributed by atoms with Crippen LogP contribution in [0.5, 0.6) is 0 Å². The summed E-state index contributed by atoms with van der Waals surface area (Å²) < 4.78 is 5.17.